The molecule has 0 bridgehead atoms. The molecular weight excluding hydrogens is 380 g/mol. The van der Waals surface area contributed by atoms with Crippen molar-refractivity contribution in [1.29, 1.82) is 0 Å². The molecule has 30 heavy (non-hydrogen) atoms. The minimum absolute atomic E-state index is 0.0134. The summed E-state index contributed by atoms with van der Waals surface area (Å²) in [7, 11) is 3.81. The topological polar surface area (TPSA) is 67.8 Å². The highest BCUT2D eigenvalue weighted by atomic mass is 16.5. The lowest BCUT2D eigenvalue weighted by Crippen LogP contribution is -2.31. The predicted octanol–water partition coefficient (Wildman–Crippen LogP) is 3.63. The molecule has 2 heterocycles. The Kier molecular flexibility index (Phi) is 5.79. The number of carbonyl (C=O) groups excluding carboxylic acids is 1. The van der Waals surface area contributed by atoms with Gasteiger partial charge in [0.1, 0.15) is 17.6 Å². The summed E-state index contributed by atoms with van der Waals surface area (Å²) >= 11 is 0. The molecule has 0 spiro atoms. The Morgan fingerprint density at radius 3 is 2.50 bits per heavy atom. The summed E-state index contributed by atoms with van der Waals surface area (Å²) in [5.74, 6) is 2.65. The maximum atomic E-state index is 12.9. The number of hydrogen-bond acceptors (Lipinski definition) is 6. The Hall–Kier alpha value is -3.61. The number of aromatic nitrogens is 2. The van der Waals surface area contributed by atoms with Crippen LogP contribution in [0.25, 0.3) is 0 Å². The van der Waals surface area contributed by atoms with Crippen LogP contribution in [0.1, 0.15) is 16.8 Å². The van der Waals surface area contributed by atoms with Crippen molar-refractivity contribution in [2.75, 3.05) is 32.1 Å². The molecule has 154 valence electrons. The summed E-state index contributed by atoms with van der Waals surface area (Å²) in [6, 6.07) is 16.8. The van der Waals surface area contributed by atoms with Crippen LogP contribution in [0.5, 0.6) is 17.4 Å². The first kappa shape index (κ1) is 19.7. The summed E-state index contributed by atoms with van der Waals surface area (Å²) in [5, 5.41) is 0. The van der Waals surface area contributed by atoms with E-state index >= 15 is 0 Å². The molecule has 0 radical (unpaired) electrons. The molecule has 1 aromatic heterocycles. The zero-order chi connectivity index (χ0) is 20.9. The van der Waals surface area contributed by atoms with Gasteiger partial charge >= 0.3 is 0 Å². The average molecular weight is 404 g/mol. The second kappa shape index (κ2) is 8.82. The molecule has 0 N–H and O–H groups in total. The highest BCUT2D eigenvalue weighted by Crippen LogP contribution is 2.23. The Morgan fingerprint density at radius 1 is 1.03 bits per heavy atom. The standard InChI is InChI=1S/C23H24N4O3/c1-26(2)21-14-24-15-22(25-21)30-20-12-13-27(16-20)23(28)17-8-10-19(11-9-17)29-18-6-4-3-5-7-18/h3-11,14-15,20H,12-13,16H2,1-2H3. The van der Waals surface area contributed by atoms with Gasteiger partial charge in [-0.3, -0.25) is 9.78 Å². The molecule has 1 fully saturated rings. The van der Waals surface area contributed by atoms with E-state index in [0.717, 1.165) is 18.0 Å². The number of benzene rings is 2. The maximum absolute atomic E-state index is 12.9. The molecule has 3 aromatic rings. The van der Waals surface area contributed by atoms with Crippen LogP contribution in [0.3, 0.4) is 0 Å². The van der Waals surface area contributed by atoms with Gasteiger partial charge < -0.3 is 19.3 Å². The van der Waals surface area contributed by atoms with E-state index < -0.39 is 0 Å². The first-order valence-electron chi connectivity index (χ1n) is 9.87. The van der Waals surface area contributed by atoms with Crippen LogP contribution in [-0.2, 0) is 0 Å². The first-order valence-corrected chi connectivity index (χ1v) is 9.87. The van der Waals surface area contributed by atoms with E-state index in [1.807, 2.05) is 61.5 Å². The number of ether oxygens (including phenoxy) is 2. The number of para-hydroxylation sites is 1. The van der Waals surface area contributed by atoms with Crippen molar-refractivity contribution in [2.45, 2.75) is 12.5 Å². The molecule has 0 saturated carbocycles. The van der Waals surface area contributed by atoms with Gasteiger partial charge in [-0.2, -0.15) is 4.98 Å². The summed E-state index contributed by atoms with van der Waals surface area (Å²) in [4.78, 5) is 25.1. The molecule has 7 nitrogen and oxygen atoms in total. The lowest BCUT2D eigenvalue weighted by molar-refractivity contribution is 0.0771. The third kappa shape index (κ3) is 4.68. The van der Waals surface area contributed by atoms with E-state index in [0.29, 0.717) is 30.3 Å². The van der Waals surface area contributed by atoms with Gasteiger partial charge in [0.2, 0.25) is 5.88 Å². The van der Waals surface area contributed by atoms with Crippen molar-refractivity contribution < 1.29 is 14.3 Å². The van der Waals surface area contributed by atoms with E-state index in [1.54, 1.807) is 29.4 Å². The molecule has 0 aliphatic carbocycles. The highest BCUT2D eigenvalue weighted by Gasteiger charge is 2.28. The molecule has 4 rings (SSSR count). The minimum Gasteiger partial charge on any atom is -0.471 e. The molecule has 1 aliphatic heterocycles. The van der Waals surface area contributed by atoms with Crippen LogP contribution in [0.15, 0.2) is 67.0 Å². The van der Waals surface area contributed by atoms with E-state index in [-0.39, 0.29) is 12.0 Å². The summed E-state index contributed by atoms with van der Waals surface area (Å²) in [6.07, 6.45) is 3.95. The summed E-state index contributed by atoms with van der Waals surface area (Å²) in [5.41, 5.74) is 0.630. The fraction of sp³-hybridized carbons (Fsp3) is 0.261. The van der Waals surface area contributed by atoms with Gasteiger partial charge in [0, 0.05) is 32.6 Å². The largest absolute Gasteiger partial charge is 0.471 e. The van der Waals surface area contributed by atoms with Crippen molar-refractivity contribution >= 4 is 11.7 Å². The first-order chi connectivity index (χ1) is 14.6. The fourth-order valence-electron chi connectivity index (χ4n) is 3.26. The van der Waals surface area contributed by atoms with E-state index in [2.05, 4.69) is 9.97 Å². The van der Waals surface area contributed by atoms with Crippen LogP contribution >= 0.6 is 0 Å². The molecule has 1 amide bonds. The van der Waals surface area contributed by atoms with Gasteiger partial charge in [0.15, 0.2) is 5.82 Å². The second-order valence-corrected chi connectivity index (χ2v) is 7.33. The lowest BCUT2D eigenvalue weighted by Gasteiger charge is -2.18. The van der Waals surface area contributed by atoms with Crippen molar-refractivity contribution in [3.8, 4) is 17.4 Å². The number of hydrogen-bond donors (Lipinski definition) is 0. The third-order valence-electron chi connectivity index (χ3n) is 4.86. The summed E-state index contributed by atoms with van der Waals surface area (Å²) in [6.45, 7) is 1.17. The van der Waals surface area contributed by atoms with E-state index in [1.165, 1.54) is 0 Å². The third-order valence-corrected chi connectivity index (χ3v) is 4.86. The van der Waals surface area contributed by atoms with E-state index in [9.17, 15) is 4.79 Å². The van der Waals surface area contributed by atoms with Gasteiger partial charge in [-0.15, -0.1) is 0 Å². The molecule has 1 unspecified atom stereocenters. The van der Waals surface area contributed by atoms with Gasteiger partial charge in [-0.05, 0) is 36.4 Å². The van der Waals surface area contributed by atoms with Crippen LogP contribution in [0.4, 0.5) is 5.82 Å². The molecule has 2 aromatic carbocycles. The predicted molar refractivity (Wildman–Crippen MR) is 114 cm³/mol. The number of amides is 1. The monoisotopic (exact) mass is 404 g/mol. The van der Waals surface area contributed by atoms with Crippen LogP contribution in [0.2, 0.25) is 0 Å². The lowest BCUT2D eigenvalue weighted by atomic mass is 10.2. The number of rotatable bonds is 6. The van der Waals surface area contributed by atoms with Gasteiger partial charge in [0.25, 0.3) is 5.91 Å². The molecule has 1 atom stereocenters. The number of anilines is 1. The number of carbonyl (C=O) groups is 1. The van der Waals surface area contributed by atoms with Crippen molar-refractivity contribution in [1.82, 2.24) is 14.9 Å². The van der Waals surface area contributed by atoms with Crippen molar-refractivity contribution in [2.24, 2.45) is 0 Å². The maximum Gasteiger partial charge on any atom is 0.253 e. The SMILES string of the molecule is CN(C)c1cncc(OC2CCN(C(=O)c3ccc(Oc4ccccc4)cc3)C2)n1. The van der Waals surface area contributed by atoms with Crippen LogP contribution in [-0.4, -0.2) is 54.1 Å². The number of likely N-dealkylation sites (tertiary alicyclic amines) is 1. The number of nitrogens with zero attached hydrogens (tertiary/aromatic N) is 4. The molecular formula is C23H24N4O3. The van der Waals surface area contributed by atoms with Gasteiger partial charge in [-0.25, -0.2) is 0 Å². The molecule has 1 saturated heterocycles. The molecule has 1 aliphatic rings. The van der Waals surface area contributed by atoms with Crippen LogP contribution in [0, 0.1) is 0 Å². The molecule has 7 heteroatoms. The Balaban J connectivity index is 1.35. The second-order valence-electron chi connectivity index (χ2n) is 7.33. The van der Waals surface area contributed by atoms with E-state index in [4.69, 9.17) is 9.47 Å². The van der Waals surface area contributed by atoms with Crippen LogP contribution < -0.4 is 14.4 Å². The zero-order valence-electron chi connectivity index (χ0n) is 17.1. The Bertz CT molecular complexity index is 993. The quantitative estimate of drug-likeness (QED) is 0.625. The highest BCUT2D eigenvalue weighted by molar-refractivity contribution is 5.94. The van der Waals surface area contributed by atoms with Crippen molar-refractivity contribution in [3.05, 3.63) is 72.6 Å². The van der Waals surface area contributed by atoms with Crippen molar-refractivity contribution in [3.63, 3.8) is 0 Å². The normalized spacial score (nSPS) is 15.7. The van der Waals surface area contributed by atoms with Gasteiger partial charge in [0.05, 0.1) is 18.9 Å². The minimum atomic E-state index is -0.0960. The Labute approximate surface area is 175 Å². The fourth-order valence-corrected chi connectivity index (χ4v) is 3.26. The Morgan fingerprint density at radius 2 is 1.77 bits per heavy atom. The average Bonchev–Trinajstić information content (AvgIpc) is 3.23. The smallest absolute Gasteiger partial charge is 0.253 e. The zero-order valence-corrected chi connectivity index (χ0v) is 17.1. The van der Waals surface area contributed by atoms with Gasteiger partial charge in [-0.1, -0.05) is 18.2 Å². The summed E-state index contributed by atoms with van der Waals surface area (Å²) < 4.78 is 11.7.